The van der Waals surface area contributed by atoms with Crippen molar-refractivity contribution in [2.75, 3.05) is 11.5 Å². The molecule has 1 atom stereocenters. The van der Waals surface area contributed by atoms with E-state index in [1.54, 1.807) is 37.3 Å². The van der Waals surface area contributed by atoms with Gasteiger partial charge in [0.15, 0.2) is 0 Å². The van der Waals surface area contributed by atoms with Gasteiger partial charge in [0.2, 0.25) is 5.13 Å². The third kappa shape index (κ3) is 5.52. The molecule has 1 aliphatic rings. The maximum atomic E-state index is 14.8. The second-order valence-corrected chi connectivity index (χ2v) is 8.43. The number of amides is 1. The minimum absolute atomic E-state index is 0.0713. The van der Waals surface area contributed by atoms with E-state index in [1.165, 1.54) is 18.2 Å². The van der Waals surface area contributed by atoms with E-state index in [1.807, 2.05) is 6.92 Å². The van der Waals surface area contributed by atoms with Crippen molar-refractivity contribution in [2.24, 2.45) is 0 Å². The third-order valence-corrected chi connectivity index (χ3v) is 5.64. The molecule has 1 aliphatic heterocycles. The first kappa shape index (κ1) is 25.5. The van der Waals surface area contributed by atoms with Crippen LogP contribution in [0.2, 0.25) is 0 Å². The SMILES string of the molecule is CC(=O)O.CCOc1ccc(/C(O)=C2/C(=O)C(=O)N(c3nnc(C)s3)C2c2ccccc2F)cc1. The molecule has 182 valence electrons. The van der Waals surface area contributed by atoms with Crippen molar-refractivity contribution in [3.05, 3.63) is 76.1 Å². The number of hydrogen-bond acceptors (Lipinski definition) is 8. The number of aliphatic hydroxyl groups is 1. The first-order valence-electron chi connectivity index (χ1n) is 10.4. The molecule has 2 heterocycles. The van der Waals surface area contributed by atoms with Crippen LogP contribution in [0.5, 0.6) is 5.75 Å². The zero-order chi connectivity index (χ0) is 25.7. The van der Waals surface area contributed by atoms with E-state index in [4.69, 9.17) is 14.6 Å². The topological polar surface area (TPSA) is 130 Å². The van der Waals surface area contributed by atoms with Gasteiger partial charge in [-0.15, -0.1) is 10.2 Å². The molecule has 4 rings (SSSR count). The van der Waals surface area contributed by atoms with Crippen molar-refractivity contribution < 1.29 is 33.7 Å². The quantitative estimate of drug-likeness (QED) is 0.305. The van der Waals surface area contributed by atoms with Gasteiger partial charge in [-0.25, -0.2) is 4.39 Å². The number of ether oxygens (including phenoxy) is 1. The average Bonchev–Trinajstić information content (AvgIpc) is 3.34. The van der Waals surface area contributed by atoms with E-state index in [0.717, 1.165) is 23.2 Å². The molecule has 1 saturated heterocycles. The number of carbonyl (C=O) groups is 3. The van der Waals surface area contributed by atoms with Crippen LogP contribution in [0.15, 0.2) is 54.1 Å². The minimum Gasteiger partial charge on any atom is -0.507 e. The Hall–Kier alpha value is -4.12. The summed E-state index contributed by atoms with van der Waals surface area (Å²) in [5.74, 6) is -3.09. The number of carboxylic acid groups (broad SMARTS) is 1. The number of aliphatic carboxylic acids is 1. The zero-order valence-corrected chi connectivity index (χ0v) is 19.9. The van der Waals surface area contributed by atoms with Crippen LogP contribution in [0.3, 0.4) is 0 Å². The van der Waals surface area contributed by atoms with E-state index < -0.39 is 35.3 Å². The predicted molar refractivity (Wildman–Crippen MR) is 127 cm³/mol. The molecule has 0 aliphatic carbocycles. The van der Waals surface area contributed by atoms with Gasteiger partial charge >= 0.3 is 5.91 Å². The number of Topliss-reactive ketones (excluding diaryl/α,β-unsaturated/α-hetero) is 1. The lowest BCUT2D eigenvalue weighted by Crippen LogP contribution is -2.29. The van der Waals surface area contributed by atoms with Crippen LogP contribution in [0.4, 0.5) is 9.52 Å². The molecule has 0 spiro atoms. The highest BCUT2D eigenvalue weighted by atomic mass is 32.1. The maximum Gasteiger partial charge on any atom is 0.301 e. The number of rotatable bonds is 5. The number of hydrogen-bond donors (Lipinski definition) is 2. The Morgan fingerprint density at radius 1 is 1.11 bits per heavy atom. The number of aryl methyl sites for hydroxylation is 1. The Morgan fingerprint density at radius 3 is 2.29 bits per heavy atom. The van der Waals surface area contributed by atoms with Gasteiger partial charge in [0, 0.05) is 18.1 Å². The van der Waals surface area contributed by atoms with Gasteiger partial charge in [-0.1, -0.05) is 29.5 Å². The Balaban J connectivity index is 0.000000795. The second-order valence-electron chi connectivity index (χ2n) is 7.27. The second kappa shape index (κ2) is 10.9. The summed E-state index contributed by atoms with van der Waals surface area (Å²) in [5.41, 5.74) is 0.158. The monoisotopic (exact) mass is 499 g/mol. The van der Waals surface area contributed by atoms with Gasteiger partial charge in [-0.05, 0) is 44.2 Å². The summed E-state index contributed by atoms with van der Waals surface area (Å²) in [7, 11) is 0. The highest BCUT2D eigenvalue weighted by molar-refractivity contribution is 7.15. The molecule has 0 saturated carbocycles. The van der Waals surface area contributed by atoms with Gasteiger partial charge < -0.3 is 14.9 Å². The van der Waals surface area contributed by atoms with Crippen LogP contribution in [-0.2, 0) is 14.4 Å². The van der Waals surface area contributed by atoms with Gasteiger partial charge in [0.25, 0.3) is 11.8 Å². The standard InChI is InChI=1S/C22H18FN3O4S.C2H4O2/c1-3-30-14-10-8-13(9-11-14)19(27)17-18(15-6-4-5-7-16(15)23)26(21(29)20(17)28)22-25-24-12(2)31-22;1-2(3)4/h4-11,18,27H,3H2,1-2H3;1H3,(H,3,4)/b19-17-;. The van der Waals surface area contributed by atoms with E-state index in [2.05, 4.69) is 10.2 Å². The minimum atomic E-state index is -1.18. The highest BCUT2D eigenvalue weighted by Gasteiger charge is 2.49. The molecule has 11 heteroatoms. The summed E-state index contributed by atoms with van der Waals surface area (Å²) in [5, 5.41) is 27.0. The van der Waals surface area contributed by atoms with Crippen molar-refractivity contribution in [1.29, 1.82) is 0 Å². The molecule has 0 bridgehead atoms. The normalized spacial score (nSPS) is 16.6. The van der Waals surface area contributed by atoms with Gasteiger partial charge in [-0.2, -0.15) is 0 Å². The fourth-order valence-corrected chi connectivity index (χ4v) is 4.15. The number of halogens is 1. The largest absolute Gasteiger partial charge is 0.507 e. The number of nitrogens with zero attached hydrogens (tertiary/aromatic N) is 3. The number of ketones is 1. The molecule has 1 fully saturated rings. The molecule has 1 aromatic heterocycles. The summed E-state index contributed by atoms with van der Waals surface area (Å²) in [6.45, 7) is 5.11. The molecule has 2 N–H and O–H groups in total. The Bertz CT molecular complexity index is 1280. The van der Waals surface area contributed by atoms with Crippen LogP contribution >= 0.6 is 11.3 Å². The lowest BCUT2D eigenvalue weighted by atomic mass is 9.95. The fourth-order valence-electron chi connectivity index (χ4n) is 3.44. The molecule has 9 nitrogen and oxygen atoms in total. The molecule has 1 unspecified atom stereocenters. The van der Waals surface area contributed by atoms with Crippen molar-refractivity contribution >= 4 is 39.9 Å². The Labute approximate surface area is 204 Å². The molecule has 35 heavy (non-hydrogen) atoms. The van der Waals surface area contributed by atoms with Crippen molar-refractivity contribution in [3.63, 3.8) is 0 Å². The molecular formula is C24H22FN3O6S. The van der Waals surface area contributed by atoms with Gasteiger partial charge in [-0.3, -0.25) is 19.3 Å². The average molecular weight is 500 g/mol. The van der Waals surface area contributed by atoms with E-state index >= 15 is 0 Å². The number of anilines is 1. The number of carboxylic acids is 1. The fraction of sp³-hybridized carbons (Fsp3) is 0.208. The van der Waals surface area contributed by atoms with Crippen LogP contribution in [-0.4, -0.2) is 44.7 Å². The maximum absolute atomic E-state index is 14.8. The smallest absolute Gasteiger partial charge is 0.301 e. The molecule has 1 amide bonds. The van der Waals surface area contributed by atoms with Crippen molar-refractivity contribution in [3.8, 4) is 5.75 Å². The number of benzene rings is 2. The summed E-state index contributed by atoms with van der Waals surface area (Å²) in [6.07, 6.45) is 0. The first-order valence-corrected chi connectivity index (χ1v) is 11.3. The summed E-state index contributed by atoms with van der Waals surface area (Å²) in [6, 6.07) is 11.0. The van der Waals surface area contributed by atoms with Crippen molar-refractivity contribution in [2.45, 2.75) is 26.8 Å². The molecule has 3 aromatic rings. The number of carbonyl (C=O) groups excluding carboxylic acids is 2. The van der Waals surface area contributed by atoms with E-state index in [-0.39, 0.29) is 16.3 Å². The number of aliphatic hydroxyl groups excluding tert-OH is 1. The summed E-state index contributed by atoms with van der Waals surface area (Å²) in [4.78, 5) is 36.0. The Kier molecular flexibility index (Phi) is 7.92. The van der Waals surface area contributed by atoms with Crippen LogP contribution in [0, 0.1) is 12.7 Å². The summed E-state index contributed by atoms with van der Waals surface area (Å²) >= 11 is 1.10. The third-order valence-electron chi connectivity index (χ3n) is 4.80. The highest BCUT2D eigenvalue weighted by Crippen LogP contribution is 2.43. The van der Waals surface area contributed by atoms with Crippen LogP contribution in [0.1, 0.15) is 36.0 Å². The van der Waals surface area contributed by atoms with Gasteiger partial charge in [0.1, 0.15) is 28.4 Å². The lowest BCUT2D eigenvalue weighted by Gasteiger charge is -2.22. The predicted octanol–water partition coefficient (Wildman–Crippen LogP) is 4.10. The molecule has 2 aromatic carbocycles. The molecule has 0 radical (unpaired) electrons. The van der Waals surface area contributed by atoms with Crippen LogP contribution < -0.4 is 9.64 Å². The van der Waals surface area contributed by atoms with E-state index in [0.29, 0.717) is 22.9 Å². The van der Waals surface area contributed by atoms with E-state index in [9.17, 15) is 19.1 Å². The first-order chi connectivity index (χ1) is 16.6. The Morgan fingerprint density at radius 2 is 1.74 bits per heavy atom. The number of aromatic nitrogens is 2. The summed E-state index contributed by atoms with van der Waals surface area (Å²) < 4.78 is 20.2. The van der Waals surface area contributed by atoms with Crippen LogP contribution in [0.25, 0.3) is 5.76 Å². The zero-order valence-electron chi connectivity index (χ0n) is 19.1. The van der Waals surface area contributed by atoms with Crippen molar-refractivity contribution in [1.82, 2.24) is 10.2 Å². The van der Waals surface area contributed by atoms with Gasteiger partial charge in [0.05, 0.1) is 12.2 Å². The lowest BCUT2D eigenvalue weighted by molar-refractivity contribution is -0.134. The molecular weight excluding hydrogens is 477 g/mol.